The molecule has 4 amide bonds. The van der Waals surface area contributed by atoms with Crippen molar-refractivity contribution < 1.29 is 33.1 Å². The number of rotatable bonds is 15. The third-order valence-electron chi connectivity index (χ3n) is 17.4. The minimum absolute atomic E-state index is 0.0172. The number of halogens is 2. The quantitative estimate of drug-likeness (QED) is 0.0616. The smallest absolute Gasteiger partial charge is 0.229 e. The molecule has 2 atom stereocenters. The molecule has 0 bridgehead atoms. The molecule has 0 radical (unpaired) electrons. The molecule has 2 fully saturated rings. The monoisotopic (exact) mass is 1300 g/mol. The maximum Gasteiger partial charge on any atom is 0.229 e. The van der Waals surface area contributed by atoms with Crippen LogP contribution in [-0.4, -0.2) is 72.5 Å². The summed E-state index contributed by atoms with van der Waals surface area (Å²) >= 11 is 0. The van der Waals surface area contributed by atoms with Gasteiger partial charge in [0.15, 0.2) is 11.4 Å². The summed E-state index contributed by atoms with van der Waals surface area (Å²) in [7, 11) is 0. The summed E-state index contributed by atoms with van der Waals surface area (Å²) in [6.45, 7) is 39.7. The number of carbonyl (C=O) groups excluding carboxylic acids is 4. The number of aryl methyl sites for hydroxylation is 2. The summed E-state index contributed by atoms with van der Waals surface area (Å²) in [5, 5.41) is 21.5. The molecule has 0 spiro atoms. The predicted octanol–water partition coefficient (Wildman–Crippen LogP) is 17.5. The lowest BCUT2D eigenvalue weighted by Crippen LogP contribution is -2.29. The van der Waals surface area contributed by atoms with E-state index < -0.39 is 5.60 Å². The zero-order chi connectivity index (χ0) is 69.5. The van der Waals surface area contributed by atoms with Crippen LogP contribution >= 0.6 is 0 Å². The fourth-order valence-electron chi connectivity index (χ4n) is 11.0. The number of nitrogens with zero attached hydrogens (tertiary/aromatic N) is 10. The molecule has 0 unspecified atom stereocenters. The highest BCUT2D eigenvalue weighted by atomic mass is 19.1. The Morgan fingerprint density at radius 1 is 0.500 bits per heavy atom. The van der Waals surface area contributed by atoms with Gasteiger partial charge >= 0.3 is 0 Å². The molecule has 0 saturated heterocycles. The molecule has 4 aromatic heterocycles. The zero-order valence-electron chi connectivity index (χ0n) is 57.0. The summed E-state index contributed by atoms with van der Waals surface area (Å²) in [6.07, 6.45) is 7.44. The fourth-order valence-corrected chi connectivity index (χ4v) is 11.0. The van der Waals surface area contributed by atoms with E-state index in [4.69, 9.17) is 13.1 Å². The zero-order valence-corrected chi connectivity index (χ0v) is 57.0. The van der Waals surface area contributed by atoms with Gasteiger partial charge in [-0.2, -0.15) is 0 Å². The van der Waals surface area contributed by atoms with Gasteiger partial charge in [0.1, 0.15) is 11.6 Å². The van der Waals surface area contributed by atoms with Crippen LogP contribution in [0.5, 0.6) is 0 Å². The molecule has 6 aromatic carbocycles. The maximum atomic E-state index is 13.3. The van der Waals surface area contributed by atoms with Crippen LogP contribution in [0.4, 0.5) is 43.9 Å². The molecule has 96 heavy (non-hydrogen) atoms. The lowest BCUT2D eigenvalue weighted by Gasteiger charge is -2.29. The van der Waals surface area contributed by atoms with E-state index in [9.17, 15) is 33.1 Å². The summed E-state index contributed by atoms with van der Waals surface area (Å²) in [5.41, 5.74) is 10.2. The number of aromatic nitrogens is 8. The van der Waals surface area contributed by atoms with Crippen molar-refractivity contribution in [3.8, 4) is 11.4 Å². The Morgan fingerprint density at radius 2 is 0.844 bits per heavy atom. The summed E-state index contributed by atoms with van der Waals surface area (Å²) in [5.74, 6) is 1.19. The fraction of sp³-hybridized carbons (Fsp3) is 0.387. The van der Waals surface area contributed by atoms with Crippen molar-refractivity contribution >= 4 is 103 Å². The molecule has 2 saturated carbocycles. The van der Waals surface area contributed by atoms with Crippen LogP contribution in [0, 0.1) is 67.7 Å². The SMILES string of the molecule is Cc1ccc2nc(NC(=O)CC(C)(C)O)n(C3CCC3)c2c1.Cc1ccc2nc(NC(=O)[C@@H](C)C(C)C)n(C3CCC3)c2c1.[C-]#[N+]c1ccc2nc(NC(=O)CC(C)(C)C)n(-c3ccc(F)cc3)c2c1.[C-]#[N+]c1ccc2nc(NC(=O)[C@@H](C)C(C)C)n(-c3ccc(F)cc3)c2c1. The van der Waals surface area contributed by atoms with Gasteiger partial charge in [-0.05, 0) is 192 Å². The van der Waals surface area contributed by atoms with Crippen molar-refractivity contribution in [2.75, 3.05) is 21.3 Å². The van der Waals surface area contributed by atoms with Crippen molar-refractivity contribution in [2.45, 2.75) is 159 Å². The Labute approximate surface area is 559 Å². The molecular weight excluding hydrogens is 1210 g/mol. The molecular formula is C75H86F2N14O5. The van der Waals surface area contributed by atoms with Gasteiger partial charge in [-0.1, -0.05) is 86.6 Å². The minimum atomic E-state index is -1.02. The molecule has 2 aliphatic carbocycles. The van der Waals surface area contributed by atoms with Crippen LogP contribution in [-0.2, 0) is 19.2 Å². The molecule has 12 rings (SSSR count). The number of anilines is 4. The first kappa shape index (κ1) is 70.2. The third-order valence-corrected chi connectivity index (χ3v) is 17.4. The van der Waals surface area contributed by atoms with Crippen LogP contribution in [0.15, 0.2) is 121 Å². The molecule has 21 heteroatoms. The second-order valence-electron chi connectivity index (χ2n) is 27.7. The van der Waals surface area contributed by atoms with E-state index in [2.05, 4.69) is 106 Å². The number of hydrogen-bond donors (Lipinski definition) is 5. The number of amides is 4. The second kappa shape index (κ2) is 29.7. The normalized spacial score (nSPS) is 13.8. The lowest BCUT2D eigenvalue weighted by molar-refractivity contribution is -0.121. The number of imidazole rings is 4. The first-order chi connectivity index (χ1) is 45.5. The molecule has 2 aliphatic rings. The number of fused-ring (bicyclic) bond motifs is 4. The molecule has 19 nitrogen and oxygen atoms in total. The first-order valence-electron chi connectivity index (χ1n) is 32.7. The maximum absolute atomic E-state index is 13.3. The Bertz CT molecular complexity index is 4560. The predicted molar refractivity (Wildman–Crippen MR) is 377 cm³/mol. The summed E-state index contributed by atoms with van der Waals surface area (Å²) < 4.78 is 34.5. The molecule has 500 valence electrons. The van der Waals surface area contributed by atoms with Crippen molar-refractivity contribution in [1.82, 2.24) is 38.2 Å². The highest BCUT2D eigenvalue weighted by molar-refractivity contribution is 5.96. The number of aliphatic hydroxyl groups is 1. The third kappa shape index (κ3) is 17.0. The van der Waals surface area contributed by atoms with Gasteiger partial charge in [-0.3, -0.25) is 49.6 Å². The average Bonchev–Trinajstić information content (AvgIpc) is 1.64. The molecule has 0 aliphatic heterocycles. The lowest BCUT2D eigenvalue weighted by atomic mass is 9.92. The number of hydrogen-bond acceptors (Lipinski definition) is 9. The van der Waals surface area contributed by atoms with E-state index in [1.54, 1.807) is 83.6 Å². The molecule has 4 heterocycles. The summed E-state index contributed by atoms with van der Waals surface area (Å²) in [4.78, 5) is 74.6. The van der Waals surface area contributed by atoms with Crippen molar-refractivity contribution in [1.29, 1.82) is 0 Å². The van der Waals surface area contributed by atoms with Gasteiger partial charge < -0.3 is 14.2 Å². The van der Waals surface area contributed by atoms with Crippen LogP contribution in [0.3, 0.4) is 0 Å². The van der Waals surface area contributed by atoms with Crippen molar-refractivity contribution in [2.24, 2.45) is 29.1 Å². The average molecular weight is 1300 g/mol. The molecule has 5 N–H and O–H groups in total. The number of carbonyl (C=O) groups is 4. The Balaban J connectivity index is 0.000000151. The van der Waals surface area contributed by atoms with Gasteiger partial charge in [-0.25, -0.2) is 38.4 Å². The van der Waals surface area contributed by atoms with Gasteiger partial charge in [-0.15, -0.1) is 0 Å². The highest BCUT2D eigenvalue weighted by Crippen LogP contribution is 2.40. The van der Waals surface area contributed by atoms with Gasteiger partial charge in [0, 0.05) is 41.7 Å². The van der Waals surface area contributed by atoms with Crippen molar-refractivity contribution in [3.63, 3.8) is 0 Å². The van der Waals surface area contributed by atoms with Crippen molar-refractivity contribution in [3.05, 3.63) is 167 Å². The largest absolute Gasteiger partial charge is 0.390 e. The van der Waals surface area contributed by atoms with E-state index in [1.165, 1.54) is 61.1 Å². The van der Waals surface area contributed by atoms with Crippen LogP contribution in [0.2, 0.25) is 0 Å². The van der Waals surface area contributed by atoms with E-state index in [0.717, 1.165) is 34.9 Å². The van der Waals surface area contributed by atoms with Crippen LogP contribution in [0.1, 0.15) is 151 Å². The van der Waals surface area contributed by atoms with Gasteiger partial charge in [0.25, 0.3) is 0 Å². The number of benzene rings is 6. The Hall–Kier alpha value is -10.1. The topological polar surface area (TPSA) is 217 Å². The van der Waals surface area contributed by atoms with Crippen LogP contribution < -0.4 is 21.3 Å². The van der Waals surface area contributed by atoms with E-state index in [1.807, 2.05) is 66.7 Å². The van der Waals surface area contributed by atoms with Crippen LogP contribution in [0.25, 0.3) is 65.2 Å². The summed E-state index contributed by atoms with van der Waals surface area (Å²) in [6, 6.07) is 35.4. The second-order valence-corrected chi connectivity index (χ2v) is 27.7. The van der Waals surface area contributed by atoms with E-state index in [-0.39, 0.29) is 64.9 Å². The Kier molecular flexibility index (Phi) is 21.7. The minimum Gasteiger partial charge on any atom is -0.390 e. The van der Waals surface area contributed by atoms with E-state index in [0.29, 0.717) is 93.0 Å². The standard InChI is InChI=1S/2C20H19FN4O.C18H25N3O.C17H23N3O2/c1-20(2,3)12-18(26)24-19-23-16-10-7-14(22-4)11-17(16)25(19)15-8-5-13(21)6-9-15;1-12(2)13(3)19(26)24-20-23-17-10-7-15(22-4)11-18(17)25(20)16-8-5-14(21)6-9-16;1-11(2)13(4)17(22)20-18-19-15-9-8-12(3)10-16(15)21(18)14-6-5-7-14;1-11-7-8-13-14(9-11)20(12-5-4-6-12)16(18-13)19-15(21)10-17(2,3)22/h5-11H,12H2,1-3H3,(H,23,24,26);5-13H,1-3H3,(H,23,24,26);8-11,13-14H,5-7H2,1-4H3,(H,19,20,22);7-9,12,22H,4-6,10H2,1-3H3,(H,18,19,21)/t;2*13-;/m.00./s1. The van der Waals surface area contributed by atoms with Gasteiger partial charge in [0.2, 0.25) is 47.4 Å². The Morgan fingerprint density at radius 3 is 1.21 bits per heavy atom. The number of nitrogens with one attached hydrogen (secondary N) is 4. The highest BCUT2D eigenvalue weighted by Gasteiger charge is 2.30. The molecule has 10 aromatic rings. The van der Waals surface area contributed by atoms with Gasteiger partial charge in [0.05, 0.1) is 69.3 Å². The first-order valence-corrected chi connectivity index (χ1v) is 32.7. The van der Waals surface area contributed by atoms with E-state index >= 15 is 0 Å².